The minimum absolute atomic E-state index is 0.650. The molecule has 3 heteroatoms. The van der Waals surface area contributed by atoms with Crippen molar-refractivity contribution < 1.29 is 0 Å². The third-order valence-corrected chi connectivity index (χ3v) is 3.18. The van der Waals surface area contributed by atoms with Crippen LogP contribution in [0.2, 0.25) is 0 Å². The van der Waals surface area contributed by atoms with E-state index in [0.29, 0.717) is 6.54 Å². The number of anilines is 1. The Labute approximate surface area is 115 Å². The quantitative estimate of drug-likeness (QED) is 0.892. The molecule has 3 nitrogen and oxygen atoms in total. The molecule has 0 amide bonds. The minimum atomic E-state index is 0.650. The fourth-order valence-electron chi connectivity index (χ4n) is 2.17. The fraction of sp³-hybridized carbons (Fsp3) is 0.312. The number of hydrogen-bond acceptors (Lipinski definition) is 3. The Hall–Kier alpha value is -1.87. The van der Waals surface area contributed by atoms with E-state index >= 15 is 0 Å². The van der Waals surface area contributed by atoms with Crippen LogP contribution in [0, 0.1) is 6.92 Å². The van der Waals surface area contributed by atoms with Crippen LogP contribution in [-0.4, -0.2) is 18.6 Å². The summed E-state index contributed by atoms with van der Waals surface area (Å²) >= 11 is 0. The van der Waals surface area contributed by atoms with Crippen molar-refractivity contribution in [2.75, 3.05) is 18.5 Å². The summed E-state index contributed by atoms with van der Waals surface area (Å²) in [6.45, 7) is 3.61. The first kappa shape index (κ1) is 13.6. The van der Waals surface area contributed by atoms with Crippen LogP contribution >= 0.6 is 0 Å². The Morgan fingerprint density at radius 1 is 1.16 bits per heavy atom. The van der Waals surface area contributed by atoms with Gasteiger partial charge in [0.1, 0.15) is 5.82 Å². The average Bonchev–Trinajstić information content (AvgIpc) is 2.42. The van der Waals surface area contributed by atoms with E-state index in [1.54, 1.807) is 0 Å². The van der Waals surface area contributed by atoms with Gasteiger partial charge in [0.05, 0.1) is 0 Å². The van der Waals surface area contributed by atoms with Gasteiger partial charge in [-0.1, -0.05) is 35.9 Å². The van der Waals surface area contributed by atoms with Gasteiger partial charge >= 0.3 is 0 Å². The van der Waals surface area contributed by atoms with Crippen LogP contribution in [0.1, 0.15) is 16.7 Å². The third kappa shape index (κ3) is 3.55. The first-order valence-electron chi connectivity index (χ1n) is 6.61. The SMILES string of the molecule is Cc1ccc(CN(C)c2ncccc2CCN)cc1. The lowest BCUT2D eigenvalue weighted by Gasteiger charge is -2.21. The molecule has 0 saturated carbocycles. The number of nitrogens with zero attached hydrogens (tertiary/aromatic N) is 2. The van der Waals surface area contributed by atoms with Crippen LogP contribution in [0.3, 0.4) is 0 Å². The molecule has 0 fully saturated rings. The molecule has 1 aromatic carbocycles. The standard InChI is InChI=1S/C16H21N3/c1-13-5-7-14(8-6-13)12-19(2)16-15(9-10-17)4-3-11-18-16/h3-8,11H,9-10,12,17H2,1-2H3. The van der Waals surface area contributed by atoms with Crippen LogP contribution in [0.5, 0.6) is 0 Å². The smallest absolute Gasteiger partial charge is 0.131 e. The molecule has 0 aliphatic heterocycles. The summed E-state index contributed by atoms with van der Waals surface area (Å²) in [6, 6.07) is 12.7. The van der Waals surface area contributed by atoms with Gasteiger partial charge < -0.3 is 10.6 Å². The second-order valence-electron chi connectivity index (χ2n) is 4.87. The molecule has 19 heavy (non-hydrogen) atoms. The highest BCUT2D eigenvalue weighted by molar-refractivity contribution is 5.46. The van der Waals surface area contributed by atoms with E-state index < -0.39 is 0 Å². The van der Waals surface area contributed by atoms with Gasteiger partial charge in [-0.2, -0.15) is 0 Å². The summed E-state index contributed by atoms with van der Waals surface area (Å²) in [5.41, 5.74) is 9.44. The Morgan fingerprint density at radius 3 is 2.58 bits per heavy atom. The van der Waals surface area contributed by atoms with E-state index in [2.05, 4.69) is 54.2 Å². The van der Waals surface area contributed by atoms with Gasteiger partial charge in [0, 0.05) is 19.8 Å². The zero-order chi connectivity index (χ0) is 13.7. The molecular formula is C16H21N3. The highest BCUT2D eigenvalue weighted by Crippen LogP contribution is 2.18. The van der Waals surface area contributed by atoms with Crippen molar-refractivity contribution in [2.45, 2.75) is 19.9 Å². The zero-order valence-electron chi connectivity index (χ0n) is 11.6. The second kappa shape index (κ2) is 6.34. The van der Waals surface area contributed by atoms with E-state index in [4.69, 9.17) is 5.73 Å². The van der Waals surface area contributed by atoms with E-state index in [1.807, 2.05) is 12.3 Å². The maximum atomic E-state index is 5.65. The predicted molar refractivity (Wildman–Crippen MR) is 80.3 cm³/mol. The number of aromatic nitrogens is 1. The largest absolute Gasteiger partial charge is 0.355 e. The van der Waals surface area contributed by atoms with Gasteiger partial charge in [0.2, 0.25) is 0 Å². The van der Waals surface area contributed by atoms with Crippen molar-refractivity contribution in [1.29, 1.82) is 0 Å². The molecule has 2 rings (SSSR count). The highest BCUT2D eigenvalue weighted by atomic mass is 15.2. The van der Waals surface area contributed by atoms with Gasteiger partial charge in [-0.05, 0) is 37.1 Å². The van der Waals surface area contributed by atoms with Gasteiger partial charge in [0.15, 0.2) is 0 Å². The van der Waals surface area contributed by atoms with E-state index in [1.165, 1.54) is 16.7 Å². The van der Waals surface area contributed by atoms with Crippen molar-refractivity contribution >= 4 is 5.82 Å². The molecule has 0 unspecified atom stereocenters. The van der Waals surface area contributed by atoms with Crippen LogP contribution in [0.25, 0.3) is 0 Å². The molecule has 1 heterocycles. The lowest BCUT2D eigenvalue weighted by molar-refractivity contribution is 0.866. The summed E-state index contributed by atoms with van der Waals surface area (Å²) < 4.78 is 0. The molecule has 0 atom stereocenters. The Morgan fingerprint density at radius 2 is 1.89 bits per heavy atom. The fourth-order valence-corrected chi connectivity index (χ4v) is 2.17. The summed E-state index contributed by atoms with van der Waals surface area (Å²) in [5.74, 6) is 1.02. The Balaban J connectivity index is 2.15. The molecule has 2 N–H and O–H groups in total. The van der Waals surface area contributed by atoms with Gasteiger partial charge in [-0.15, -0.1) is 0 Å². The Bertz CT molecular complexity index is 520. The van der Waals surface area contributed by atoms with Gasteiger partial charge in [-0.3, -0.25) is 0 Å². The number of benzene rings is 1. The third-order valence-electron chi connectivity index (χ3n) is 3.18. The molecule has 2 aromatic rings. The molecule has 0 spiro atoms. The molecule has 100 valence electrons. The summed E-state index contributed by atoms with van der Waals surface area (Å²) in [4.78, 5) is 6.66. The Kier molecular flexibility index (Phi) is 4.53. The molecular weight excluding hydrogens is 234 g/mol. The van der Waals surface area contributed by atoms with E-state index in [9.17, 15) is 0 Å². The highest BCUT2D eigenvalue weighted by Gasteiger charge is 2.08. The van der Waals surface area contributed by atoms with E-state index in [-0.39, 0.29) is 0 Å². The molecule has 0 bridgehead atoms. The second-order valence-corrected chi connectivity index (χ2v) is 4.87. The van der Waals surface area contributed by atoms with Crippen LogP contribution in [0.4, 0.5) is 5.82 Å². The average molecular weight is 255 g/mol. The van der Waals surface area contributed by atoms with Crippen LogP contribution in [-0.2, 0) is 13.0 Å². The lowest BCUT2D eigenvalue weighted by Crippen LogP contribution is -2.20. The van der Waals surface area contributed by atoms with Crippen molar-refractivity contribution in [1.82, 2.24) is 4.98 Å². The molecule has 1 aromatic heterocycles. The predicted octanol–water partition coefficient (Wildman–Crippen LogP) is 2.53. The maximum Gasteiger partial charge on any atom is 0.131 e. The normalized spacial score (nSPS) is 10.5. The lowest BCUT2D eigenvalue weighted by atomic mass is 10.1. The monoisotopic (exact) mass is 255 g/mol. The molecule has 0 radical (unpaired) electrons. The topological polar surface area (TPSA) is 42.2 Å². The number of aryl methyl sites for hydroxylation is 1. The number of hydrogen-bond donors (Lipinski definition) is 1. The van der Waals surface area contributed by atoms with Gasteiger partial charge in [0.25, 0.3) is 0 Å². The van der Waals surface area contributed by atoms with Crippen LogP contribution in [0.15, 0.2) is 42.6 Å². The summed E-state index contributed by atoms with van der Waals surface area (Å²) in [5, 5.41) is 0. The van der Waals surface area contributed by atoms with E-state index in [0.717, 1.165) is 18.8 Å². The summed E-state index contributed by atoms with van der Waals surface area (Å²) in [6.07, 6.45) is 2.70. The zero-order valence-corrected chi connectivity index (χ0v) is 11.6. The maximum absolute atomic E-state index is 5.65. The minimum Gasteiger partial charge on any atom is -0.355 e. The van der Waals surface area contributed by atoms with Crippen molar-refractivity contribution in [2.24, 2.45) is 5.73 Å². The molecule has 0 saturated heterocycles. The molecule has 0 aliphatic rings. The van der Waals surface area contributed by atoms with Crippen molar-refractivity contribution in [3.05, 3.63) is 59.3 Å². The number of pyridine rings is 1. The first-order valence-corrected chi connectivity index (χ1v) is 6.61. The van der Waals surface area contributed by atoms with Crippen molar-refractivity contribution in [3.8, 4) is 0 Å². The number of rotatable bonds is 5. The van der Waals surface area contributed by atoms with Crippen molar-refractivity contribution in [3.63, 3.8) is 0 Å². The summed E-state index contributed by atoms with van der Waals surface area (Å²) in [7, 11) is 2.07. The number of nitrogens with two attached hydrogens (primary N) is 1. The van der Waals surface area contributed by atoms with Gasteiger partial charge in [-0.25, -0.2) is 4.98 Å². The molecule has 0 aliphatic carbocycles. The first-order chi connectivity index (χ1) is 9.20. The van der Waals surface area contributed by atoms with Crippen LogP contribution < -0.4 is 10.6 Å².